The van der Waals surface area contributed by atoms with Crippen LogP contribution in [0, 0.1) is 6.92 Å². The maximum absolute atomic E-state index is 11.7. The Labute approximate surface area is 77.4 Å². The van der Waals surface area contributed by atoms with Gasteiger partial charge in [-0.3, -0.25) is 9.36 Å². The molecule has 0 radical (unpaired) electrons. The third-order valence-corrected chi connectivity index (χ3v) is 2.71. The first-order chi connectivity index (χ1) is 6.20. The molecule has 0 fully saturated rings. The van der Waals surface area contributed by atoms with E-state index in [1.54, 1.807) is 6.20 Å². The van der Waals surface area contributed by atoms with E-state index in [-0.39, 0.29) is 5.56 Å². The second-order valence-electron chi connectivity index (χ2n) is 3.80. The number of hydrogen-bond acceptors (Lipinski definition) is 2. The zero-order valence-electron chi connectivity index (χ0n) is 8.08. The summed E-state index contributed by atoms with van der Waals surface area (Å²) in [6, 6.07) is 0. The maximum Gasteiger partial charge on any atom is 0.256 e. The van der Waals surface area contributed by atoms with Crippen molar-refractivity contribution in [2.75, 3.05) is 0 Å². The first-order valence-corrected chi connectivity index (χ1v) is 4.76. The first-order valence-electron chi connectivity index (χ1n) is 4.76. The molecule has 0 amide bonds. The summed E-state index contributed by atoms with van der Waals surface area (Å²) in [4.78, 5) is 16.0. The van der Waals surface area contributed by atoms with E-state index in [1.807, 2.05) is 11.5 Å². The van der Waals surface area contributed by atoms with E-state index >= 15 is 0 Å². The van der Waals surface area contributed by atoms with Gasteiger partial charge < -0.3 is 0 Å². The maximum atomic E-state index is 11.7. The zero-order chi connectivity index (χ0) is 9.42. The Morgan fingerprint density at radius 1 is 1.62 bits per heavy atom. The van der Waals surface area contributed by atoms with Crippen molar-refractivity contribution in [3.63, 3.8) is 0 Å². The van der Waals surface area contributed by atoms with Crippen LogP contribution in [0.2, 0.25) is 0 Å². The summed E-state index contributed by atoms with van der Waals surface area (Å²) in [5.74, 6) is 1.39. The third-order valence-electron chi connectivity index (χ3n) is 2.71. The molecule has 2 heterocycles. The molecule has 0 saturated carbocycles. The largest absolute Gasteiger partial charge is 0.296 e. The molecule has 1 aliphatic heterocycles. The molecular weight excluding hydrogens is 164 g/mol. The number of nitrogens with zero attached hydrogens (tertiary/aromatic N) is 2. The quantitative estimate of drug-likeness (QED) is 0.602. The Morgan fingerprint density at radius 2 is 2.38 bits per heavy atom. The molecule has 1 unspecified atom stereocenters. The summed E-state index contributed by atoms with van der Waals surface area (Å²) in [5.41, 5.74) is 0.884. The van der Waals surface area contributed by atoms with Crippen molar-refractivity contribution in [2.24, 2.45) is 0 Å². The highest BCUT2D eigenvalue weighted by molar-refractivity contribution is 5.09. The van der Waals surface area contributed by atoms with Crippen LogP contribution < -0.4 is 5.56 Å². The Morgan fingerprint density at radius 3 is 3.15 bits per heavy atom. The molecule has 0 aliphatic carbocycles. The number of aryl methyl sites for hydroxylation is 1. The Kier molecular flexibility index (Phi) is 1.94. The first kappa shape index (κ1) is 8.48. The molecule has 1 aromatic rings. The standard InChI is InChI=1S/C10H14N2O/c1-7-4-3-5-12-9(7)11-6-8(2)10(12)13/h6-7H,3-5H2,1-2H3. The molecule has 2 rings (SSSR count). The van der Waals surface area contributed by atoms with Crippen molar-refractivity contribution in [1.82, 2.24) is 9.55 Å². The van der Waals surface area contributed by atoms with E-state index in [2.05, 4.69) is 11.9 Å². The number of fused-ring (bicyclic) bond motifs is 1. The molecule has 1 aromatic heterocycles. The average Bonchev–Trinajstić information content (AvgIpc) is 2.12. The molecule has 0 bridgehead atoms. The van der Waals surface area contributed by atoms with Gasteiger partial charge >= 0.3 is 0 Å². The molecule has 70 valence electrons. The van der Waals surface area contributed by atoms with Crippen LogP contribution in [0.15, 0.2) is 11.0 Å². The molecule has 3 nitrogen and oxygen atoms in total. The number of aromatic nitrogens is 2. The van der Waals surface area contributed by atoms with E-state index in [0.717, 1.165) is 30.8 Å². The van der Waals surface area contributed by atoms with Gasteiger partial charge in [-0.05, 0) is 19.8 Å². The molecule has 13 heavy (non-hydrogen) atoms. The molecule has 1 aliphatic rings. The topological polar surface area (TPSA) is 34.9 Å². The normalized spacial score (nSPS) is 21.2. The van der Waals surface area contributed by atoms with Gasteiger partial charge in [0.25, 0.3) is 5.56 Å². The SMILES string of the molecule is Cc1cnc2n(c1=O)CCCC2C. The summed E-state index contributed by atoms with van der Waals surface area (Å²) in [7, 11) is 0. The van der Waals surface area contributed by atoms with Crippen molar-refractivity contribution < 1.29 is 0 Å². The van der Waals surface area contributed by atoms with E-state index in [1.165, 1.54) is 0 Å². The van der Waals surface area contributed by atoms with Crippen LogP contribution in [-0.4, -0.2) is 9.55 Å². The van der Waals surface area contributed by atoms with Crippen LogP contribution in [0.25, 0.3) is 0 Å². The highest BCUT2D eigenvalue weighted by atomic mass is 16.1. The van der Waals surface area contributed by atoms with Crippen molar-refractivity contribution in [3.05, 3.63) is 27.9 Å². The molecule has 0 spiro atoms. The van der Waals surface area contributed by atoms with Crippen LogP contribution in [0.4, 0.5) is 0 Å². The van der Waals surface area contributed by atoms with Crippen molar-refractivity contribution in [2.45, 2.75) is 39.2 Å². The van der Waals surface area contributed by atoms with Gasteiger partial charge in [0.05, 0.1) is 0 Å². The molecule has 0 aromatic carbocycles. The Balaban J connectivity index is 2.63. The van der Waals surface area contributed by atoms with Crippen molar-refractivity contribution in [1.29, 1.82) is 0 Å². The third kappa shape index (κ3) is 1.28. The van der Waals surface area contributed by atoms with Gasteiger partial charge in [0.2, 0.25) is 0 Å². The highest BCUT2D eigenvalue weighted by Gasteiger charge is 2.18. The lowest BCUT2D eigenvalue weighted by Gasteiger charge is -2.22. The highest BCUT2D eigenvalue weighted by Crippen LogP contribution is 2.22. The monoisotopic (exact) mass is 178 g/mol. The predicted molar refractivity (Wildman–Crippen MR) is 50.9 cm³/mol. The molecule has 0 N–H and O–H groups in total. The number of rotatable bonds is 0. The van der Waals surface area contributed by atoms with Crippen LogP contribution in [0.1, 0.15) is 37.1 Å². The summed E-state index contributed by atoms with van der Waals surface area (Å²) in [6.07, 6.45) is 3.94. The molecule has 1 atom stereocenters. The van der Waals surface area contributed by atoms with Crippen LogP contribution in [0.3, 0.4) is 0 Å². The van der Waals surface area contributed by atoms with Gasteiger partial charge in [-0.2, -0.15) is 0 Å². The summed E-state index contributed by atoms with van der Waals surface area (Å²) >= 11 is 0. The van der Waals surface area contributed by atoms with E-state index in [4.69, 9.17) is 0 Å². The summed E-state index contributed by atoms with van der Waals surface area (Å²) in [5, 5.41) is 0. The van der Waals surface area contributed by atoms with Crippen molar-refractivity contribution in [3.8, 4) is 0 Å². The fraction of sp³-hybridized carbons (Fsp3) is 0.600. The lowest BCUT2D eigenvalue weighted by molar-refractivity contribution is 0.441. The van der Waals surface area contributed by atoms with E-state index < -0.39 is 0 Å². The van der Waals surface area contributed by atoms with E-state index in [9.17, 15) is 4.79 Å². The molecule has 0 saturated heterocycles. The zero-order valence-corrected chi connectivity index (χ0v) is 8.08. The Bertz CT molecular complexity index is 381. The van der Waals surface area contributed by atoms with Gasteiger partial charge in [-0.15, -0.1) is 0 Å². The average molecular weight is 178 g/mol. The number of hydrogen-bond donors (Lipinski definition) is 0. The minimum atomic E-state index is 0.136. The van der Waals surface area contributed by atoms with Crippen LogP contribution in [0.5, 0.6) is 0 Å². The second kappa shape index (κ2) is 2.98. The van der Waals surface area contributed by atoms with Crippen LogP contribution >= 0.6 is 0 Å². The smallest absolute Gasteiger partial charge is 0.256 e. The second-order valence-corrected chi connectivity index (χ2v) is 3.80. The fourth-order valence-electron chi connectivity index (χ4n) is 1.90. The van der Waals surface area contributed by atoms with Gasteiger partial charge in [0.15, 0.2) is 0 Å². The predicted octanol–water partition coefficient (Wildman–Crippen LogP) is 1.45. The minimum absolute atomic E-state index is 0.136. The van der Waals surface area contributed by atoms with Gasteiger partial charge in [-0.25, -0.2) is 4.98 Å². The molecule has 3 heteroatoms. The summed E-state index contributed by atoms with van der Waals surface area (Å²) < 4.78 is 1.82. The van der Waals surface area contributed by atoms with Gasteiger partial charge in [0.1, 0.15) is 5.82 Å². The fourth-order valence-corrected chi connectivity index (χ4v) is 1.90. The van der Waals surface area contributed by atoms with Crippen LogP contribution in [-0.2, 0) is 6.54 Å². The lowest BCUT2D eigenvalue weighted by atomic mass is 10.0. The minimum Gasteiger partial charge on any atom is -0.296 e. The molecular formula is C10H14N2O. The van der Waals surface area contributed by atoms with Gasteiger partial charge in [0, 0.05) is 24.2 Å². The summed E-state index contributed by atoms with van der Waals surface area (Å²) in [6.45, 7) is 4.79. The van der Waals surface area contributed by atoms with E-state index in [0.29, 0.717) is 5.92 Å². The van der Waals surface area contributed by atoms with Gasteiger partial charge in [-0.1, -0.05) is 6.92 Å². The Hall–Kier alpha value is -1.12. The lowest BCUT2D eigenvalue weighted by Crippen LogP contribution is -2.30. The van der Waals surface area contributed by atoms with Crippen molar-refractivity contribution >= 4 is 0 Å².